The first-order valence-electron chi connectivity index (χ1n) is 9.20. The maximum atomic E-state index is 12.9. The number of fused-ring (bicyclic) bond motifs is 1. The molecular formula is C22H26N2O2. The molecule has 0 aliphatic carbocycles. The van der Waals surface area contributed by atoms with Crippen molar-refractivity contribution in [2.75, 3.05) is 4.90 Å². The third-order valence-corrected chi connectivity index (χ3v) is 4.92. The standard InChI is InChI=1S/C22H26N2O2/c1-16(2)23(15-18-9-5-4-6-10-18)21(25)14-22(26)24-17(3)13-19-11-7-8-12-20(19)24/h4-12,16-17H,13-15H2,1-3H3. The van der Waals surface area contributed by atoms with Gasteiger partial charge in [0.05, 0.1) is 0 Å². The van der Waals surface area contributed by atoms with Crippen LogP contribution in [0, 0.1) is 0 Å². The predicted molar refractivity (Wildman–Crippen MR) is 104 cm³/mol. The lowest BCUT2D eigenvalue weighted by Gasteiger charge is -2.29. The molecule has 1 unspecified atom stereocenters. The fraction of sp³-hybridized carbons (Fsp3) is 0.364. The number of benzene rings is 2. The molecule has 1 heterocycles. The van der Waals surface area contributed by atoms with Crippen LogP contribution in [0.1, 0.15) is 38.3 Å². The van der Waals surface area contributed by atoms with E-state index in [4.69, 9.17) is 0 Å². The molecule has 0 bridgehead atoms. The smallest absolute Gasteiger partial charge is 0.236 e. The van der Waals surface area contributed by atoms with Crippen molar-refractivity contribution in [2.45, 2.75) is 52.2 Å². The lowest BCUT2D eigenvalue weighted by molar-refractivity contribution is -0.137. The van der Waals surface area contributed by atoms with Gasteiger partial charge in [-0.2, -0.15) is 0 Å². The van der Waals surface area contributed by atoms with E-state index in [0.717, 1.165) is 17.7 Å². The van der Waals surface area contributed by atoms with E-state index >= 15 is 0 Å². The van der Waals surface area contributed by atoms with E-state index in [0.29, 0.717) is 6.54 Å². The number of rotatable bonds is 5. The minimum atomic E-state index is -0.120. The zero-order chi connectivity index (χ0) is 18.7. The summed E-state index contributed by atoms with van der Waals surface area (Å²) >= 11 is 0. The molecule has 0 saturated heterocycles. The molecule has 136 valence electrons. The molecule has 1 aliphatic heterocycles. The molecule has 1 aliphatic rings. The summed E-state index contributed by atoms with van der Waals surface area (Å²) in [6.45, 7) is 6.53. The summed E-state index contributed by atoms with van der Waals surface area (Å²) < 4.78 is 0. The predicted octanol–water partition coefficient (Wildman–Crippen LogP) is 3.79. The first kappa shape index (κ1) is 18.2. The first-order chi connectivity index (χ1) is 12.5. The number of carbonyl (C=O) groups is 2. The van der Waals surface area contributed by atoms with Gasteiger partial charge in [0.15, 0.2) is 0 Å². The second-order valence-electron chi connectivity index (χ2n) is 7.22. The lowest BCUT2D eigenvalue weighted by Crippen LogP contribution is -2.42. The van der Waals surface area contributed by atoms with E-state index in [-0.39, 0.29) is 30.3 Å². The topological polar surface area (TPSA) is 40.6 Å². The van der Waals surface area contributed by atoms with Gasteiger partial charge in [-0.3, -0.25) is 9.59 Å². The van der Waals surface area contributed by atoms with Crippen LogP contribution in [0.2, 0.25) is 0 Å². The Morgan fingerprint density at radius 1 is 1.08 bits per heavy atom. The molecule has 26 heavy (non-hydrogen) atoms. The highest BCUT2D eigenvalue weighted by molar-refractivity contribution is 6.06. The molecule has 2 amide bonds. The molecule has 0 fully saturated rings. The Hall–Kier alpha value is -2.62. The van der Waals surface area contributed by atoms with Gasteiger partial charge in [-0.1, -0.05) is 48.5 Å². The van der Waals surface area contributed by atoms with Gasteiger partial charge < -0.3 is 9.80 Å². The molecule has 0 aromatic heterocycles. The van der Waals surface area contributed by atoms with Crippen LogP contribution in [0.4, 0.5) is 5.69 Å². The number of nitrogens with zero attached hydrogens (tertiary/aromatic N) is 2. The summed E-state index contributed by atoms with van der Waals surface area (Å²) in [6, 6.07) is 18.0. The Morgan fingerprint density at radius 3 is 2.42 bits per heavy atom. The van der Waals surface area contributed by atoms with Gasteiger partial charge in [-0.05, 0) is 44.4 Å². The molecule has 1 atom stereocenters. The number of hydrogen-bond acceptors (Lipinski definition) is 2. The molecule has 0 saturated carbocycles. The molecule has 2 aromatic rings. The third-order valence-electron chi connectivity index (χ3n) is 4.92. The van der Waals surface area contributed by atoms with Crippen LogP contribution in [0.5, 0.6) is 0 Å². The highest BCUT2D eigenvalue weighted by atomic mass is 16.2. The number of carbonyl (C=O) groups excluding carboxylic acids is 2. The Morgan fingerprint density at radius 2 is 1.73 bits per heavy atom. The summed E-state index contributed by atoms with van der Waals surface area (Å²) in [5, 5.41) is 0. The van der Waals surface area contributed by atoms with Crippen molar-refractivity contribution in [1.29, 1.82) is 0 Å². The van der Waals surface area contributed by atoms with Crippen molar-refractivity contribution in [3.05, 3.63) is 65.7 Å². The largest absolute Gasteiger partial charge is 0.336 e. The van der Waals surface area contributed by atoms with Gasteiger partial charge >= 0.3 is 0 Å². The number of amides is 2. The van der Waals surface area contributed by atoms with E-state index in [2.05, 4.69) is 6.07 Å². The average molecular weight is 350 g/mol. The van der Waals surface area contributed by atoms with Crippen molar-refractivity contribution >= 4 is 17.5 Å². The monoisotopic (exact) mass is 350 g/mol. The van der Waals surface area contributed by atoms with Crippen molar-refractivity contribution < 1.29 is 9.59 Å². The van der Waals surface area contributed by atoms with Crippen LogP contribution >= 0.6 is 0 Å². The lowest BCUT2D eigenvalue weighted by atomic mass is 10.1. The fourth-order valence-electron chi connectivity index (χ4n) is 3.60. The molecule has 0 radical (unpaired) electrons. The fourth-order valence-corrected chi connectivity index (χ4v) is 3.60. The Kier molecular flexibility index (Phi) is 5.40. The van der Waals surface area contributed by atoms with E-state index in [1.165, 1.54) is 5.56 Å². The van der Waals surface area contributed by atoms with Crippen molar-refractivity contribution in [2.24, 2.45) is 0 Å². The minimum Gasteiger partial charge on any atom is -0.336 e. The van der Waals surface area contributed by atoms with Gasteiger partial charge in [0.1, 0.15) is 6.42 Å². The van der Waals surface area contributed by atoms with Gasteiger partial charge in [-0.15, -0.1) is 0 Å². The van der Waals surface area contributed by atoms with Gasteiger partial charge in [0, 0.05) is 24.3 Å². The molecule has 4 nitrogen and oxygen atoms in total. The maximum absolute atomic E-state index is 12.9. The van der Waals surface area contributed by atoms with Crippen LogP contribution in [-0.2, 0) is 22.6 Å². The Bertz CT molecular complexity index is 786. The summed E-state index contributed by atoms with van der Waals surface area (Å²) in [5.41, 5.74) is 3.18. The molecular weight excluding hydrogens is 324 g/mol. The maximum Gasteiger partial charge on any atom is 0.236 e. The van der Waals surface area contributed by atoms with Crippen molar-refractivity contribution in [3.63, 3.8) is 0 Å². The second-order valence-corrected chi connectivity index (χ2v) is 7.22. The normalized spacial score (nSPS) is 15.8. The van der Waals surface area contributed by atoms with Gasteiger partial charge in [0.25, 0.3) is 0 Å². The number of hydrogen-bond donors (Lipinski definition) is 0. The molecule has 2 aromatic carbocycles. The molecule has 3 rings (SSSR count). The van der Waals surface area contributed by atoms with Crippen LogP contribution < -0.4 is 4.90 Å². The summed E-state index contributed by atoms with van der Waals surface area (Å²) in [4.78, 5) is 29.3. The minimum absolute atomic E-state index is 0.0405. The molecule has 4 heteroatoms. The van der Waals surface area contributed by atoms with Crippen molar-refractivity contribution in [3.8, 4) is 0 Å². The summed E-state index contributed by atoms with van der Waals surface area (Å²) in [6.07, 6.45) is 0.748. The van der Waals surface area contributed by atoms with Gasteiger partial charge in [0.2, 0.25) is 11.8 Å². The number of para-hydroxylation sites is 1. The van der Waals surface area contributed by atoms with E-state index < -0.39 is 0 Å². The third kappa shape index (κ3) is 3.79. The number of anilines is 1. The summed E-state index contributed by atoms with van der Waals surface area (Å²) in [7, 11) is 0. The zero-order valence-corrected chi connectivity index (χ0v) is 15.7. The molecule has 0 spiro atoms. The highest BCUT2D eigenvalue weighted by Crippen LogP contribution is 2.32. The zero-order valence-electron chi connectivity index (χ0n) is 15.7. The van der Waals surface area contributed by atoms with Crippen LogP contribution in [-0.4, -0.2) is 28.8 Å². The van der Waals surface area contributed by atoms with Gasteiger partial charge in [-0.25, -0.2) is 0 Å². The SMILES string of the molecule is CC(C)N(Cc1ccccc1)C(=O)CC(=O)N1c2ccccc2CC1C. The second kappa shape index (κ2) is 7.73. The van der Waals surface area contributed by atoms with Crippen LogP contribution in [0.25, 0.3) is 0 Å². The van der Waals surface area contributed by atoms with Crippen LogP contribution in [0.15, 0.2) is 54.6 Å². The van der Waals surface area contributed by atoms with E-state index in [9.17, 15) is 9.59 Å². The van der Waals surface area contributed by atoms with Crippen molar-refractivity contribution in [1.82, 2.24) is 4.90 Å². The molecule has 0 N–H and O–H groups in total. The quantitative estimate of drug-likeness (QED) is 0.770. The van der Waals surface area contributed by atoms with E-state index in [1.54, 1.807) is 9.80 Å². The first-order valence-corrected chi connectivity index (χ1v) is 9.20. The Labute approximate surface area is 155 Å². The highest BCUT2D eigenvalue weighted by Gasteiger charge is 2.32. The summed E-state index contributed by atoms with van der Waals surface area (Å²) in [5.74, 6) is -0.239. The average Bonchev–Trinajstić information content (AvgIpc) is 2.95. The Balaban J connectivity index is 1.72. The van der Waals surface area contributed by atoms with Crippen LogP contribution in [0.3, 0.4) is 0 Å². The van der Waals surface area contributed by atoms with E-state index in [1.807, 2.05) is 69.3 Å².